The van der Waals surface area contributed by atoms with E-state index in [4.69, 9.17) is 0 Å². The fourth-order valence-electron chi connectivity index (χ4n) is 2.00. The van der Waals surface area contributed by atoms with Crippen molar-refractivity contribution in [2.45, 2.75) is 33.7 Å². The molecule has 0 atom stereocenters. The Morgan fingerprint density at radius 3 is 2.29 bits per heavy atom. The summed E-state index contributed by atoms with van der Waals surface area (Å²) in [5, 5.41) is 6.59. The molecule has 0 aliphatic rings. The van der Waals surface area contributed by atoms with E-state index < -0.39 is 0 Å². The average molecular weight is 446 g/mol. The maximum absolute atomic E-state index is 11.9. The maximum atomic E-state index is 11.9. The molecule has 0 saturated heterocycles. The van der Waals surface area contributed by atoms with Gasteiger partial charge in [0, 0.05) is 32.7 Å². The van der Waals surface area contributed by atoms with Gasteiger partial charge in [-0.15, -0.1) is 24.0 Å². The molecule has 1 rings (SSSR count). The Labute approximate surface area is 163 Å². The van der Waals surface area contributed by atoms with Gasteiger partial charge in [0.2, 0.25) is 0 Å². The lowest BCUT2D eigenvalue weighted by atomic mass is 10.1. The number of carbonyl (C=O) groups is 1. The first-order valence-corrected chi connectivity index (χ1v) is 8.26. The van der Waals surface area contributed by atoms with Gasteiger partial charge >= 0.3 is 0 Å². The van der Waals surface area contributed by atoms with E-state index >= 15 is 0 Å². The SMILES string of the molecule is CCNC(=NCc1ccc(C(=O)N(C)C)cc1)NCCC(C)C.I. The number of carbonyl (C=O) groups excluding carboxylic acids is 1. The minimum absolute atomic E-state index is 0. The number of nitrogens with one attached hydrogen (secondary N) is 2. The van der Waals surface area contributed by atoms with Crippen molar-refractivity contribution in [3.8, 4) is 0 Å². The molecule has 1 aromatic carbocycles. The molecule has 0 aliphatic carbocycles. The average Bonchev–Trinajstić information content (AvgIpc) is 2.52. The molecule has 0 spiro atoms. The van der Waals surface area contributed by atoms with Crippen LogP contribution in [0.2, 0.25) is 0 Å². The summed E-state index contributed by atoms with van der Waals surface area (Å²) in [6, 6.07) is 7.62. The Hall–Kier alpha value is -1.31. The monoisotopic (exact) mass is 446 g/mol. The summed E-state index contributed by atoms with van der Waals surface area (Å²) < 4.78 is 0. The van der Waals surface area contributed by atoms with Crippen LogP contribution < -0.4 is 10.6 Å². The van der Waals surface area contributed by atoms with E-state index in [1.54, 1.807) is 19.0 Å². The number of benzene rings is 1. The summed E-state index contributed by atoms with van der Waals surface area (Å²) >= 11 is 0. The molecule has 136 valence electrons. The quantitative estimate of drug-likeness (QED) is 0.385. The maximum Gasteiger partial charge on any atom is 0.253 e. The van der Waals surface area contributed by atoms with Crippen molar-refractivity contribution in [3.63, 3.8) is 0 Å². The molecule has 24 heavy (non-hydrogen) atoms. The fraction of sp³-hybridized carbons (Fsp3) is 0.556. The number of hydrogen-bond donors (Lipinski definition) is 2. The minimum atomic E-state index is 0. The van der Waals surface area contributed by atoms with Crippen molar-refractivity contribution in [3.05, 3.63) is 35.4 Å². The standard InChI is InChI=1S/C18H30N4O.HI/c1-6-19-18(20-12-11-14(2)3)21-13-15-7-9-16(10-8-15)17(23)22(4)5;/h7-10,14H,6,11-13H2,1-5H3,(H2,19,20,21);1H. The Balaban J connectivity index is 0.00000529. The van der Waals surface area contributed by atoms with E-state index in [1.807, 2.05) is 24.3 Å². The number of aliphatic imine (C=N–C) groups is 1. The lowest BCUT2D eigenvalue weighted by Gasteiger charge is -2.12. The van der Waals surface area contributed by atoms with Crippen LogP contribution in [-0.2, 0) is 6.54 Å². The second kappa shape index (κ2) is 12.1. The van der Waals surface area contributed by atoms with E-state index in [0.29, 0.717) is 18.0 Å². The van der Waals surface area contributed by atoms with E-state index in [1.165, 1.54) is 0 Å². The van der Waals surface area contributed by atoms with Gasteiger partial charge in [0.1, 0.15) is 0 Å². The smallest absolute Gasteiger partial charge is 0.253 e. The summed E-state index contributed by atoms with van der Waals surface area (Å²) in [6.07, 6.45) is 1.12. The van der Waals surface area contributed by atoms with Crippen LogP contribution in [0.4, 0.5) is 0 Å². The van der Waals surface area contributed by atoms with Gasteiger partial charge in [0.15, 0.2) is 5.96 Å². The fourth-order valence-corrected chi connectivity index (χ4v) is 2.00. The summed E-state index contributed by atoms with van der Waals surface area (Å²) in [6.45, 7) is 8.82. The number of amides is 1. The van der Waals surface area contributed by atoms with Crippen molar-refractivity contribution in [1.29, 1.82) is 0 Å². The summed E-state index contributed by atoms with van der Waals surface area (Å²) in [5.74, 6) is 1.53. The van der Waals surface area contributed by atoms with Gasteiger partial charge in [-0.25, -0.2) is 4.99 Å². The highest BCUT2D eigenvalue weighted by atomic mass is 127. The molecule has 0 aromatic heterocycles. The van der Waals surface area contributed by atoms with Crippen LogP contribution in [0.25, 0.3) is 0 Å². The van der Waals surface area contributed by atoms with Crippen LogP contribution in [0.3, 0.4) is 0 Å². The predicted octanol–water partition coefficient (Wildman–Crippen LogP) is 3.11. The Morgan fingerprint density at radius 1 is 1.17 bits per heavy atom. The topological polar surface area (TPSA) is 56.7 Å². The third-order valence-corrected chi connectivity index (χ3v) is 3.39. The van der Waals surface area contributed by atoms with Crippen molar-refractivity contribution >= 4 is 35.8 Å². The van der Waals surface area contributed by atoms with Crippen LogP contribution in [0.1, 0.15) is 43.1 Å². The number of rotatable bonds is 7. The van der Waals surface area contributed by atoms with Gasteiger partial charge in [0.25, 0.3) is 5.91 Å². The largest absolute Gasteiger partial charge is 0.357 e. The molecule has 0 aliphatic heterocycles. The van der Waals surface area contributed by atoms with Gasteiger partial charge in [-0.05, 0) is 37.0 Å². The van der Waals surface area contributed by atoms with Crippen LogP contribution in [-0.4, -0.2) is 44.0 Å². The summed E-state index contributed by atoms with van der Waals surface area (Å²) in [4.78, 5) is 18.0. The molecule has 6 heteroatoms. The second-order valence-corrected chi connectivity index (χ2v) is 6.20. The molecule has 0 radical (unpaired) electrons. The van der Waals surface area contributed by atoms with Gasteiger partial charge in [-0.1, -0.05) is 26.0 Å². The molecule has 0 fully saturated rings. The van der Waals surface area contributed by atoms with Crippen LogP contribution >= 0.6 is 24.0 Å². The lowest BCUT2D eigenvalue weighted by Crippen LogP contribution is -2.38. The third kappa shape index (κ3) is 8.52. The lowest BCUT2D eigenvalue weighted by molar-refractivity contribution is 0.0827. The highest BCUT2D eigenvalue weighted by Gasteiger charge is 2.07. The number of nitrogens with zero attached hydrogens (tertiary/aromatic N) is 2. The van der Waals surface area contributed by atoms with E-state index in [2.05, 4.69) is 36.4 Å². The van der Waals surface area contributed by atoms with Crippen molar-refractivity contribution < 1.29 is 4.79 Å². The third-order valence-electron chi connectivity index (χ3n) is 3.39. The Bertz CT molecular complexity index is 512. The molecule has 5 nitrogen and oxygen atoms in total. The molecule has 0 bridgehead atoms. The van der Waals surface area contributed by atoms with E-state index in [-0.39, 0.29) is 29.9 Å². The highest BCUT2D eigenvalue weighted by molar-refractivity contribution is 14.0. The minimum Gasteiger partial charge on any atom is -0.357 e. The first kappa shape index (κ1) is 22.7. The number of guanidine groups is 1. The first-order chi connectivity index (χ1) is 10.9. The van der Waals surface area contributed by atoms with Gasteiger partial charge in [0.05, 0.1) is 6.54 Å². The normalized spacial score (nSPS) is 11.0. The molecule has 1 amide bonds. The first-order valence-electron chi connectivity index (χ1n) is 8.26. The molecular formula is C18H31IN4O. The van der Waals surface area contributed by atoms with Crippen LogP contribution in [0, 0.1) is 5.92 Å². The van der Waals surface area contributed by atoms with Crippen LogP contribution in [0.5, 0.6) is 0 Å². The zero-order valence-electron chi connectivity index (χ0n) is 15.4. The Kier molecular flexibility index (Phi) is 11.4. The molecule has 2 N–H and O–H groups in total. The van der Waals surface area contributed by atoms with Gasteiger partial charge in [-0.2, -0.15) is 0 Å². The Morgan fingerprint density at radius 2 is 1.79 bits per heavy atom. The molecule has 0 saturated carbocycles. The predicted molar refractivity (Wildman–Crippen MR) is 112 cm³/mol. The van der Waals surface area contributed by atoms with Gasteiger partial charge in [-0.3, -0.25) is 4.79 Å². The molecular weight excluding hydrogens is 415 g/mol. The summed E-state index contributed by atoms with van der Waals surface area (Å²) in [5.41, 5.74) is 1.78. The van der Waals surface area contributed by atoms with E-state index in [9.17, 15) is 4.79 Å². The number of hydrogen-bond acceptors (Lipinski definition) is 2. The molecule has 0 unspecified atom stereocenters. The summed E-state index contributed by atoms with van der Waals surface area (Å²) in [7, 11) is 3.51. The van der Waals surface area contributed by atoms with Crippen molar-refractivity contribution in [2.24, 2.45) is 10.9 Å². The zero-order valence-corrected chi connectivity index (χ0v) is 17.8. The van der Waals surface area contributed by atoms with E-state index in [0.717, 1.165) is 31.0 Å². The van der Waals surface area contributed by atoms with Crippen LogP contribution in [0.15, 0.2) is 29.3 Å². The molecule has 1 aromatic rings. The second-order valence-electron chi connectivity index (χ2n) is 6.20. The van der Waals surface area contributed by atoms with Crippen molar-refractivity contribution in [1.82, 2.24) is 15.5 Å². The zero-order chi connectivity index (χ0) is 17.2. The highest BCUT2D eigenvalue weighted by Crippen LogP contribution is 2.07. The van der Waals surface area contributed by atoms with Crippen molar-refractivity contribution in [2.75, 3.05) is 27.2 Å². The molecule has 0 heterocycles. The number of halogens is 1. The van der Waals surface area contributed by atoms with Gasteiger partial charge < -0.3 is 15.5 Å².